The van der Waals surface area contributed by atoms with Crippen LogP contribution < -0.4 is 5.32 Å². The number of allylic oxidation sites excluding steroid dienone is 7. The van der Waals surface area contributed by atoms with Gasteiger partial charge in [-0.25, -0.2) is 0 Å². The van der Waals surface area contributed by atoms with E-state index >= 15 is 0 Å². The third kappa shape index (κ3) is 27.7. The maximum atomic E-state index is 12.9. The number of carbonyl (C=O) groups is 1. The van der Waals surface area contributed by atoms with E-state index in [2.05, 4.69) is 55.6 Å². The van der Waals surface area contributed by atoms with Crippen molar-refractivity contribution in [3.63, 3.8) is 0 Å². The van der Waals surface area contributed by atoms with Crippen molar-refractivity contribution in [3.05, 3.63) is 48.6 Å². The van der Waals surface area contributed by atoms with Crippen molar-refractivity contribution in [1.82, 2.24) is 5.32 Å². The number of unbranched alkanes of at least 4 members (excludes halogenated alkanes) is 21. The first-order chi connectivity index (χ1) is 27.3. The van der Waals surface area contributed by atoms with E-state index in [1.54, 1.807) is 6.08 Å². The van der Waals surface area contributed by atoms with Crippen molar-refractivity contribution in [1.29, 1.82) is 0 Å². The molecule has 0 bridgehead atoms. The molecule has 0 radical (unpaired) electrons. The van der Waals surface area contributed by atoms with E-state index in [1.165, 1.54) is 116 Å². The number of amides is 1. The highest BCUT2D eigenvalue weighted by atomic mass is 16.7. The van der Waals surface area contributed by atoms with Crippen LogP contribution in [0.4, 0.5) is 0 Å². The molecule has 0 aromatic carbocycles. The van der Waals surface area contributed by atoms with Gasteiger partial charge in [0.15, 0.2) is 6.29 Å². The number of aliphatic hydroxyl groups excluding tert-OH is 5. The lowest BCUT2D eigenvalue weighted by atomic mass is 9.99. The highest BCUT2D eigenvalue weighted by Crippen LogP contribution is 2.22. The van der Waals surface area contributed by atoms with Crippen molar-refractivity contribution < 1.29 is 39.8 Å². The highest BCUT2D eigenvalue weighted by molar-refractivity contribution is 5.76. The summed E-state index contributed by atoms with van der Waals surface area (Å²) in [4.78, 5) is 12.9. The molecule has 1 saturated heterocycles. The summed E-state index contributed by atoms with van der Waals surface area (Å²) >= 11 is 0. The van der Waals surface area contributed by atoms with Gasteiger partial charge in [0.05, 0.1) is 25.4 Å². The molecule has 0 aromatic heterocycles. The third-order valence-electron chi connectivity index (χ3n) is 10.6. The average Bonchev–Trinajstić information content (AvgIpc) is 3.20. The Bertz CT molecular complexity index is 1010. The number of nitrogens with one attached hydrogen (secondary N) is 1. The van der Waals surface area contributed by atoms with Gasteiger partial charge >= 0.3 is 0 Å². The first kappa shape index (κ1) is 52.2. The van der Waals surface area contributed by atoms with E-state index in [0.717, 1.165) is 51.4 Å². The van der Waals surface area contributed by atoms with E-state index in [0.29, 0.717) is 6.42 Å². The van der Waals surface area contributed by atoms with E-state index in [9.17, 15) is 30.3 Å². The molecule has 1 amide bonds. The lowest BCUT2D eigenvalue weighted by molar-refractivity contribution is -0.302. The van der Waals surface area contributed by atoms with Gasteiger partial charge in [0.1, 0.15) is 24.4 Å². The van der Waals surface area contributed by atoms with Gasteiger partial charge in [0, 0.05) is 6.42 Å². The summed E-state index contributed by atoms with van der Waals surface area (Å²) < 4.78 is 11.2. The normalized spacial score (nSPS) is 21.6. The lowest BCUT2D eigenvalue weighted by Gasteiger charge is -2.40. The van der Waals surface area contributed by atoms with Crippen LogP contribution in [0.3, 0.4) is 0 Å². The van der Waals surface area contributed by atoms with E-state index in [-0.39, 0.29) is 12.5 Å². The van der Waals surface area contributed by atoms with Crippen LogP contribution in [-0.2, 0) is 14.3 Å². The molecule has 0 aliphatic carbocycles. The number of carbonyl (C=O) groups excluding carboxylic acids is 1. The van der Waals surface area contributed by atoms with Crippen molar-refractivity contribution in [2.45, 2.75) is 230 Å². The second-order valence-corrected chi connectivity index (χ2v) is 15.8. The van der Waals surface area contributed by atoms with Crippen LogP contribution in [0.1, 0.15) is 187 Å². The quantitative estimate of drug-likeness (QED) is 0.0269. The van der Waals surface area contributed by atoms with Crippen LogP contribution in [-0.4, -0.2) is 87.5 Å². The molecule has 6 N–H and O–H groups in total. The maximum absolute atomic E-state index is 12.9. The Morgan fingerprint density at radius 3 is 1.64 bits per heavy atom. The van der Waals surface area contributed by atoms with Gasteiger partial charge in [-0.2, -0.15) is 0 Å². The second kappa shape index (κ2) is 37.4. The van der Waals surface area contributed by atoms with E-state index < -0.39 is 49.5 Å². The van der Waals surface area contributed by atoms with Crippen LogP contribution in [0.5, 0.6) is 0 Å². The highest BCUT2D eigenvalue weighted by Gasteiger charge is 2.44. The maximum Gasteiger partial charge on any atom is 0.220 e. The monoisotopic (exact) mass is 792 g/mol. The molecule has 1 aliphatic rings. The molecule has 7 atom stereocenters. The number of hydrogen-bond acceptors (Lipinski definition) is 8. The second-order valence-electron chi connectivity index (χ2n) is 15.8. The summed E-state index contributed by atoms with van der Waals surface area (Å²) in [6, 6.07) is -0.823. The van der Waals surface area contributed by atoms with Gasteiger partial charge in [0.2, 0.25) is 5.91 Å². The first-order valence-electron chi connectivity index (χ1n) is 22.9. The zero-order valence-corrected chi connectivity index (χ0v) is 35.6. The predicted molar refractivity (Wildman–Crippen MR) is 230 cm³/mol. The number of ether oxygens (including phenoxy) is 2. The minimum Gasteiger partial charge on any atom is -0.394 e. The Morgan fingerprint density at radius 1 is 0.607 bits per heavy atom. The van der Waals surface area contributed by atoms with Gasteiger partial charge in [-0.05, 0) is 64.2 Å². The summed E-state index contributed by atoms with van der Waals surface area (Å²) in [7, 11) is 0. The molecule has 326 valence electrons. The molecule has 7 unspecified atom stereocenters. The molecule has 9 nitrogen and oxygen atoms in total. The summed E-state index contributed by atoms with van der Waals surface area (Å²) in [6.07, 6.45) is 40.1. The molecular formula is C47H85NO8. The first-order valence-corrected chi connectivity index (χ1v) is 22.9. The molecule has 56 heavy (non-hydrogen) atoms. The minimum atomic E-state index is -1.57. The van der Waals surface area contributed by atoms with E-state index in [4.69, 9.17) is 9.47 Å². The molecule has 9 heteroatoms. The lowest BCUT2D eigenvalue weighted by Crippen LogP contribution is -2.60. The molecule has 1 heterocycles. The zero-order chi connectivity index (χ0) is 40.9. The molecule has 0 spiro atoms. The summed E-state index contributed by atoms with van der Waals surface area (Å²) in [5.41, 5.74) is 0. The van der Waals surface area contributed by atoms with E-state index in [1.807, 2.05) is 6.08 Å². The Balaban J connectivity index is 2.37. The van der Waals surface area contributed by atoms with Crippen molar-refractivity contribution in [2.24, 2.45) is 0 Å². The molecular weight excluding hydrogens is 707 g/mol. The number of hydrogen-bond donors (Lipinski definition) is 6. The molecule has 1 rings (SSSR count). The van der Waals surface area contributed by atoms with Gasteiger partial charge < -0.3 is 40.3 Å². The molecule has 1 fully saturated rings. The fraction of sp³-hybridized carbons (Fsp3) is 0.809. The summed E-state index contributed by atoms with van der Waals surface area (Å²) in [6.45, 7) is 3.71. The van der Waals surface area contributed by atoms with Gasteiger partial charge in [0.25, 0.3) is 0 Å². The van der Waals surface area contributed by atoms with Crippen molar-refractivity contribution >= 4 is 5.91 Å². The summed E-state index contributed by atoms with van der Waals surface area (Å²) in [5.74, 6) is -0.194. The molecule has 0 saturated carbocycles. The SMILES string of the molecule is CCCCC/C=C\C/C=C\CCCCCCCCCCCC(=O)NC(COC1OC(CO)C(O)C(O)C1O)C(O)/C=C/CC/C=C/CCCCCCCCCC. The number of rotatable bonds is 37. The van der Waals surface area contributed by atoms with Crippen LogP contribution >= 0.6 is 0 Å². The summed E-state index contributed by atoms with van der Waals surface area (Å²) in [5, 5.41) is 54.1. The van der Waals surface area contributed by atoms with Gasteiger partial charge in [-0.1, -0.05) is 165 Å². The Labute approximate surface area is 342 Å². The Morgan fingerprint density at radius 2 is 1.07 bits per heavy atom. The van der Waals surface area contributed by atoms with Crippen LogP contribution in [0.15, 0.2) is 48.6 Å². The third-order valence-corrected chi connectivity index (χ3v) is 10.6. The molecule has 0 aromatic rings. The van der Waals surface area contributed by atoms with Crippen LogP contribution in [0, 0.1) is 0 Å². The Hall–Kier alpha value is -1.85. The van der Waals surface area contributed by atoms with Crippen molar-refractivity contribution in [2.75, 3.05) is 13.2 Å². The van der Waals surface area contributed by atoms with Crippen LogP contribution in [0.2, 0.25) is 0 Å². The largest absolute Gasteiger partial charge is 0.394 e. The fourth-order valence-corrected chi connectivity index (χ4v) is 6.91. The van der Waals surface area contributed by atoms with Crippen molar-refractivity contribution in [3.8, 4) is 0 Å². The average molecular weight is 792 g/mol. The Kier molecular flexibility index (Phi) is 34.9. The standard InChI is InChI=1S/C47H85NO8/c1-3-5-7-9-11-13-15-17-19-20-21-22-23-25-27-29-31-33-35-37-43(51)48-40(39-55-47-46(54)45(53)44(52)42(38-49)56-47)41(50)36-34-32-30-28-26-24-18-16-14-12-10-8-6-4-2/h11,13,17,19,26,28,34,36,40-42,44-47,49-50,52-54H,3-10,12,14-16,18,20-25,27,29-33,35,37-39H2,1-2H3,(H,48,51)/b13-11-,19-17-,28-26+,36-34+. The zero-order valence-electron chi connectivity index (χ0n) is 35.6. The smallest absolute Gasteiger partial charge is 0.220 e. The molecule has 1 aliphatic heterocycles. The topological polar surface area (TPSA) is 149 Å². The fourth-order valence-electron chi connectivity index (χ4n) is 6.91. The van der Waals surface area contributed by atoms with Gasteiger partial charge in [-0.3, -0.25) is 4.79 Å². The minimum absolute atomic E-state index is 0.194. The van der Waals surface area contributed by atoms with Crippen LogP contribution in [0.25, 0.3) is 0 Å². The predicted octanol–water partition coefficient (Wildman–Crippen LogP) is 9.45. The number of aliphatic hydroxyl groups is 5. The van der Waals surface area contributed by atoms with Gasteiger partial charge in [-0.15, -0.1) is 0 Å².